The first-order valence-electron chi connectivity index (χ1n) is 11.6. The van der Waals surface area contributed by atoms with E-state index in [-0.39, 0.29) is 28.6 Å². The molecule has 4 rings (SSSR count). The Hall–Kier alpha value is -3.29. The van der Waals surface area contributed by atoms with Gasteiger partial charge in [0, 0.05) is 37.0 Å². The van der Waals surface area contributed by atoms with Crippen LogP contribution in [-0.2, 0) is 16.0 Å². The molecule has 0 radical (unpaired) electrons. The number of hydrogen-bond acceptors (Lipinski definition) is 5. The van der Waals surface area contributed by atoms with E-state index in [1.807, 2.05) is 13.8 Å². The molecule has 2 heterocycles. The van der Waals surface area contributed by atoms with Gasteiger partial charge in [0.1, 0.15) is 11.4 Å². The van der Waals surface area contributed by atoms with E-state index >= 15 is 0 Å². The number of carbonyl (C=O) groups is 3. The van der Waals surface area contributed by atoms with E-state index in [9.17, 15) is 23.6 Å². The standard InChI is InChI=1S/C26H29FN2O5/c1-4-34-25(33)16-9-11-28(12-10-16)23(31)22-19-13-26(2,3)14-21(30)20(19)15-29(24(22)32)18-7-5-17(27)6-8-18/h5-8,15-16H,4,9-14H2,1-3H3. The molecule has 34 heavy (non-hydrogen) atoms. The summed E-state index contributed by atoms with van der Waals surface area (Å²) >= 11 is 0. The van der Waals surface area contributed by atoms with Gasteiger partial charge in [-0.05, 0) is 61.4 Å². The van der Waals surface area contributed by atoms with Gasteiger partial charge in [-0.1, -0.05) is 13.8 Å². The van der Waals surface area contributed by atoms with Gasteiger partial charge in [0.15, 0.2) is 5.78 Å². The Morgan fingerprint density at radius 1 is 1.09 bits per heavy atom. The minimum Gasteiger partial charge on any atom is -0.466 e. The number of ketones is 1. The van der Waals surface area contributed by atoms with Crippen LogP contribution in [0, 0.1) is 17.2 Å². The summed E-state index contributed by atoms with van der Waals surface area (Å²) in [6, 6.07) is 5.35. The van der Waals surface area contributed by atoms with Gasteiger partial charge < -0.3 is 9.64 Å². The van der Waals surface area contributed by atoms with Crippen LogP contribution in [-0.4, -0.2) is 46.8 Å². The third-order valence-electron chi connectivity index (χ3n) is 6.63. The lowest BCUT2D eigenvalue weighted by Crippen LogP contribution is -2.44. The molecule has 7 nitrogen and oxygen atoms in total. The molecule has 1 fully saturated rings. The minimum absolute atomic E-state index is 0.0162. The molecule has 0 spiro atoms. The number of Topliss-reactive ketones (excluding diaryl/α,β-unsaturated/α-hetero) is 1. The van der Waals surface area contributed by atoms with Crippen molar-refractivity contribution in [3.8, 4) is 5.69 Å². The summed E-state index contributed by atoms with van der Waals surface area (Å²) in [6.07, 6.45) is 3.12. The maximum Gasteiger partial charge on any atom is 0.309 e. The van der Waals surface area contributed by atoms with E-state index in [0.717, 1.165) is 0 Å². The third-order valence-corrected chi connectivity index (χ3v) is 6.63. The molecule has 0 saturated carbocycles. The predicted molar refractivity (Wildman–Crippen MR) is 124 cm³/mol. The molecule has 0 bridgehead atoms. The number of carbonyl (C=O) groups excluding carboxylic acids is 3. The quantitative estimate of drug-likeness (QED) is 0.641. The fraction of sp³-hybridized carbons (Fsp3) is 0.462. The number of esters is 1. The largest absolute Gasteiger partial charge is 0.466 e. The van der Waals surface area contributed by atoms with E-state index in [0.29, 0.717) is 62.2 Å². The first-order valence-corrected chi connectivity index (χ1v) is 11.6. The highest BCUT2D eigenvalue weighted by Crippen LogP contribution is 2.36. The van der Waals surface area contributed by atoms with Crippen LogP contribution in [0.25, 0.3) is 5.69 Å². The number of hydrogen-bond donors (Lipinski definition) is 0. The van der Waals surface area contributed by atoms with E-state index in [1.54, 1.807) is 11.8 Å². The molecule has 1 aliphatic heterocycles. The molecule has 8 heteroatoms. The zero-order chi connectivity index (χ0) is 24.6. The van der Waals surface area contributed by atoms with Crippen molar-refractivity contribution >= 4 is 17.7 Å². The van der Waals surface area contributed by atoms with E-state index in [4.69, 9.17) is 4.74 Å². The number of pyridine rings is 1. The van der Waals surface area contributed by atoms with Crippen molar-refractivity contribution in [3.63, 3.8) is 0 Å². The summed E-state index contributed by atoms with van der Waals surface area (Å²) in [4.78, 5) is 54.0. The van der Waals surface area contributed by atoms with E-state index in [2.05, 4.69) is 0 Å². The molecule has 0 unspecified atom stereocenters. The summed E-state index contributed by atoms with van der Waals surface area (Å²) in [6.45, 7) is 6.58. The number of aromatic nitrogens is 1. The van der Waals surface area contributed by atoms with Crippen LogP contribution in [0.3, 0.4) is 0 Å². The predicted octanol–water partition coefficient (Wildman–Crippen LogP) is 3.55. The van der Waals surface area contributed by atoms with Gasteiger partial charge in [-0.25, -0.2) is 4.39 Å². The third kappa shape index (κ3) is 4.54. The summed E-state index contributed by atoms with van der Waals surface area (Å²) < 4.78 is 19.8. The lowest BCUT2D eigenvalue weighted by Gasteiger charge is -2.34. The fourth-order valence-electron chi connectivity index (χ4n) is 4.90. The summed E-state index contributed by atoms with van der Waals surface area (Å²) in [5, 5.41) is 0. The van der Waals surface area contributed by atoms with Gasteiger partial charge in [-0.3, -0.25) is 23.7 Å². The van der Waals surface area contributed by atoms with Gasteiger partial charge in [-0.15, -0.1) is 0 Å². The van der Waals surface area contributed by atoms with Crippen molar-refractivity contribution in [2.45, 2.75) is 46.5 Å². The Bertz CT molecular complexity index is 1190. The molecule has 1 amide bonds. The molecule has 1 aromatic carbocycles. The molecule has 1 aliphatic carbocycles. The van der Waals surface area contributed by atoms with Crippen molar-refractivity contribution in [1.82, 2.24) is 9.47 Å². The van der Waals surface area contributed by atoms with E-state index < -0.39 is 17.3 Å². The molecule has 1 aromatic heterocycles. The monoisotopic (exact) mass is 468 g/mol. The first-order chi connectivity index (χ1) is 16.1. The van der Waals surface area contributed by atoms with Crippen molar-refractivity contribution in [3.05, 3.63) is 63.3 Å². The lowest BCUT2D eigenvalue weighted by atomic mass is 9.73. The van der Waals surface area contributed by atoms with Crippen molar-refractivity contribution in [2.24, 2.45) is 11.3 Å². The Balaban J connectivity index is 1.76. The number of amides is 1. The number of ether oxygens (including phenoxy) is 1. The number of nitrogens with zero attached hydrogens (tertiary/aromatic N) is 2. The Morgan fingerprint density at radius 3 is 2.35 bits per heavy atom. The molecule has 180 valence electrons. The van der Waals surface area contributed by atoms with Gasteiger partial charge in [0.25, 0.3) is 11.5 Å². The van der Waals surface area contributed by atoms with Crippen LogP contribution in [0.1, 0.15) is 66.3 Å². The highest BCUT2D eigenvalue weighted by molar-refractivity contribution is 6.04. The fourth-order valence-corrected chi connectivity index (χ4v) is 4.90. The SMILES string of the molecule is CCOC(=O)C1CCN(C(=O)c2c3c(cn(-c4ccc(F)cc4)c2=O)C(=O)CC(C)(C)C3)CC1. The van der Waals surface area contributed by atoms with Crippen molar-refractivity contribution in [1.29, 1.82) is 0 Å². The molecule has 2 aromatic rings. The van der Waals surface area contributed by atoms with E-state index in [1.165, 1.54) is 35.0 Å². The average molecular weight is 469 g/mol. The van der Waals surface area contributed by atoms with Crippen molar-refractivity contribution < 1.29 is 23.5 Å². The number of halogens is 1. The second kappa shape index (κ2) is 9.16. The number of benzene rings is 1. The number of fused-ring (bicyclic) bond motifs is 1. The van der Waals surface area contributed by atoms with Gasteiger partial charge in [0.2, 0.25) is 0 Å². The first kappa shape index (κ1) is 23.9. The Labute approximate surface area is 197 Å². The van der Waals surface area contributed by atoms with Crippen molar-refractivity contribution in [2.75, 3.05) is 19.7 Å². The average Bonchev–Trinajstić information content (AvgIpc) is 2.79. The summed E-state index contributed by atoms with van der Waals surface area (Å²) in [7, 11) is 0. The van der Waals surface area contributed by atoms with Crippen LogP contribution in [0.5, 0.6) is 0 Å². The highest BCUT2D eigenvalue weighted by atomic mass is 19.1. The molecular formula is C26H29FN2O5. The molecule has 0 atom stereocenters. The molecule has 1 saturated heterocycles. The zero-order valence-electron chi connectivity index (χ0n) is 19.7. The van der Waals surface area contributed by atoms with Crippen LogP contribution < -0.4 is 5.56 Å². The maximum absolute atomic E-state index is 13.7. The second-order valence-electron chi connectivity index (χ2n) is 9.81. The number of piperidine rings is 1. The summed E-state index contributed by atoms with van der Waals surface area (Å²) in [5.74, 6) is -1.56. The van der Waals surface area contributed by atoms with Crippen LogP contribution >= 0.6 is 0 Å². The van der Waals surface area contributed by atoms with Crippen LogP contribution in [0.2, 0.25) is 0 Å². The topological polar surface area (TPSA) is 85.7 Å². The van der Waals surface area contributed by atoms with Gasteiger partial charge in [0.05, 0.1) is 12.5 Å². The zero-order valence-corrected chi connectivity index (χ0v) is 19.7. The van der Waals surface area contributed by atoms with Crippen LogP contribution in [0.15, 0.2) is 35.3 Å². The molecule has 2 aliphatic rings. The maximum atomic E-state index is 13.7. The number of rotatable bonds is 4. The summed E-state index contributed by atoms with van der Waals surface area (Å²) in [5.41, 5.74) is 0.271. The lowest BCUT2D eigenvalue weighted by molar-refractivity contribution is -0.149. The Morgan fingerprint density at radius 2 is 1.74 bits per heavy atom. The minimum atomic E-state index is -0.534. The number of likely N-dealkylation sites (tertiary alicyclic amines) is 1. The molecular weight excluding hydrogens is 439 g/mol. The Kier molecular flexibility index (Phi) is 6.43. The molecule has 0 N–H and O–H groups in total. The second-order valence-corrected chi connectivity index (χ2v) is 9.81. The van der Waals surface area contributed by atoms with Crippen LogP contribution in [0.4, 0.5) is 4.39 Å². The smallest absolute Gasteiger partial charge is 0.309 e. The van der Waals surface area contributed by atoms with Gasteiger partial charge in [-0.2, -0.15) is 0 Å². The highest BCUT2D eigenvalue weighted by Gasteiger charge is 2.38. The normalized spacial score (nSPS) is 17.9. The van der Waals surface area contributed by atoms with Gasteiger partial charge >= 0.3 is 5.97 Å².